The first kappa shape index (κ1) is 34.7. The maximum absolute atomic E-state index is 0. The largest absolute Gasteiger partial charge is 0 e. The van der Waals surface area contributed by atoms with Crippen molar-refractivity contribution in [3.8, 4) is 0 Å². The molecule has 5 heteroatoms. The first-order valence-corrected chi connectivity index (χ1v) is 0. The molecule has 5 heavy (non-hydrogen) atoms. The molecule has 3 radical (unpaired) electrons. The van der Waals surface area contributed by atoms with Crippen molar-refractivity contribution in [2.75, 3.05) is 0 Å². The Bertz CT molecular complexity index is 11.6. The molecule has 0 saturated heterocycles. The first-order chi connectivity index (χ1) is 0. The van der Waals surface area contributed by atoms with Gasteiger partial charge < -0.3 is 0 Å². The van der Waals surface area contributed by atoms with Crippen LogP contribution in [0.5, 0.6) is 0 Å². The number of hydrogen-bond donors (Lipinski definition) is 0. The summed E-state index contributed by atoms with van der Waals surface area (Å²) in [7, 11) is 0. The van der Waals surface area contributed by atoms with Gasteiger partial charge >= 0.3 is 0 Å². The Balaban J connectivity index is 0. The molecule has 0 aliphatic carbocycles. The predicted molar refractivity (Wildman–Crippen MR) is 11.5 cm³/mol. The van der Waals surface area contributed by atoms with E-state index in [1.165, 1.54) is 0 Å². The van der Waals surface area contributed by atoms with Crippen molar-refractivity contribution in [3.05, 3.63) is 0 Å². The Hall–Kier alpha value is 4.30. The first-order valence-electron chi connectivity index (χ1n) is 0. The summed E-state index contributed by atoms with van der Waals surface area (Å²) in [5.41, 5.74) is 0. The van der Waals surface area contributed by atoms with Crippen LogP contribution in [0.3, 0.4) is 0 Å². The summed E-state index contributed by atoms with van der Waals surface area (Å²) in [6, 6.07) is 0. The summed E-state index contributed by atoms with van der Waals surface area (Å²) in [6.07, 6.45) is 0. The van der Waals surface area contributed by atoms with Gasteiger partial charge in [0.05, 0.1) is 0 Å². The van der Waals surface area contributed by atoms with E-state index < -0.39 is 0 Å². The molecule has 0 rings (SSSR count). The summed E-state index contributed by atoms with van der Waals surface area (Å²) >= 11 is 0. The van der Waals surface area contributed by atoms with Gasteiger partial charge in [-0.25, -0.2) is 0 Å². The van der Waals surface area contributed by atoms with Crippen LogP contribution in [0.1, 0.15) is 0 Å². The molecule has 0 aromatic carbocycles. The van der Waals surface area contributed by atoms with Gasteiger partial charge in [0.15, 0.2) is 0 Å². The SMILES string of the molecule is [Cu].[Fe].[K].[Na].[Zn]. The van der Waals surface area contributed by atoms with Gasteiger partial charge in [-0.3, -0.25) is 0 Å². The Morgan fingerprint density at radius 3 is 1.00 bits per heavy atom. The molecule has 0 aromatic rings. The van der Waals surface area contributed by atoms with E-state index in [2.05, 4.69) is 0 Å². The van der Waals surface area contributed by atoms with E-state index in [4.69, 9.17) is 0 Å². The Morgan fingerprint density at radius 2 is 1.00 bits per heavy atom. The second-order valence-electron chi connectivity index (χ2n) is 0. The fraction of sp³-hybridized carbons (Fsp3) is 0. The zero-order valence-corrected chi connectivity index (χ0v) is 13.5. The van der Waals surface area contributed by atoms with E-state index in [0.29, 0.717) is 0 Å². The molecule has 0 aliphatic heterocycles. The monoisotopic (exact) mass is 245 g/mol. The van der Waals surface area contributed by atoms with Crippen molar-refractivity contribution in [2.24, 2.45) is 0 Å². The Kier molecular flexibility index (Phi) is 166. The zero-order chi connectivity index (χ0) is 0. The van der Waals surface area contributed by atoms with E-state index >= 15 is 0 Å². The van der Waals surface area contributed by atoms with Crippen molar-refractivity contribution in [1.29, 1.82) is 0 Å². The molecule has 0 heterocycles. The van der Waals surface area contributed by atoms with E-state index in [-0.39, 0.29) is 135 Å². The maximum atomic E-state index is 0. The molecule has 0 amide bonds. The van der Waals surface area contributed by atoms with Crippen molar-refractivity contribution >= 4 is 80.9 Å². The average Bonchev–Trinajstić information content (AvgIpc) is 0. The summed E-state index contributed by atoms with van der Waals surface area (Å²) in [5, 5.41) is 0. The van der Waals surface area contributed by atoms with Gasteiger partial charge in [0.1, 0.15) is 0 Å². The molecule has 0 spiro atoms. The van der Waals surface area contributed by atoms with Crippen LogP contribution in [0.25, 0.3) is 0 Å². The molecule has 0 aromatic heterocycles. The van der Waals surface area contributed by atoms with Crippen LogP contribution in [-0.2, 0) is 53.6 Å². The average molecular weight is 247 g/mol. The van der Waals surface area contributed by atoms with Crippen LogP contribution in [0.2, 0.25) is 0 Å². The molecule has 0 nitrogen and oxygen atoms in total. The summed E-state index contributed by atoms with van der Waals surface area (Å²) in [6.45, 7) is 0. The second kappa shape index (κ2) is 23.9. The van der Waals surface area contributed by atoms with Crippen LogP contribution in [0.15, 0.2) is 0 Å². The van der Waals surface area contributed by atoms with Crippen LogP contribution in [0.4, 0.5) is 0 Å². The number of rotatable bonds is 0. The molecule has 0 aliphatic rings. The molecule has 23 valence electrons. The van der Waals surface area contributed by atoms with Gasteiger partial charge in [0.2, 0.25) is 0 Å². The Labute approximate surface area is 131 Å². The van der Waals surface area contributed by atoms with Crippen LogP contribution in [0, 0.1) is 0 Å². The van der Waals surface area contributed by atoms with Crippen molar-refractivity contribution in [2.45, 2.75) is 0 Å². The third-order valence-electron chi connectivity index (χ3n) is 0. The molecule has 0 atom stereocenters. The van der Waals surface area contributed by atoms with Crippen LogP contribution in [-0.4, -0.2) is 80.9 Å². The van der Waals surface area contributed by atoms with Crippen molar-refractivity contribution in [1.82, 2.24) is 0 Å². The Morgan fingerprint density at radius 1 is 1.00 bits per heavy atom. The predicted octanol–water partition coefficient (Wildman–Crippen LogP) is -0.769. The smallest absolute Gasteiger partial charge is 0 e. The molecular formula is CuFeKNaZn. The fourth-order valence-corrected chi connectivity index (χ4v) is 0. The van der Waals surface area contributed by atoms with Crippen LogP contribution >= 0.6 is 0 Å². The maximum Gasteiger partial charge on any atom is 0 e. The molecule has 0 N–H and O–H groups in total. The van der Waals surface area contributed by atoms with Crippen molar-refractivity contribution in [3.63, 3.8) is 0 Å². The van der Waals surface area contributed by atoms with E-state index in [1.807, 2.05) is 0 Å². The molecular weight excluding hydrogens is 247 g/mol. The standard InChI is InChI=1S/Cu.Fe.K.Na.Zn. The third kappa shape index (κ3) is 17.8. The molecule has 0 saturated carbocycles. The second-order valence-corrected chi connectivity index (χ2v) is 0. The van der Waals surface area contributed by atoms with E-state index in [0.717, 1.165) is 0 Å². The fourth-order valence-electron chi connectivity index (χ4n) is 0. The topological polar surface area (TPSA) is 0 Å². The molecule has 0 unspecified atom stereocenters. The van der Waals surface area contributed by atoms with Gasteiger partial charge in [-0.15, -0.1) is 0 Å². The normalized spacial score (nSPS) is 0. The van der Waals surface area contributed by atoms with Crippen molar-refractivity contribution < 1.29 is 53.6 Å². The summed E-state index contributed by atoms with van der Waals surface area (Å²) in [5.74, 6) is 0. The van der Waals surface area contributed by atoms with Gasteiger partial charge in [-0.1, -0.05) is 0 Å². The van der Waals surface area contributed by atoms with Crippen LogP contribution < -0.4 is 0 Å². The van der Waals surface area contributed by atoms with Gasteiger partial charge in [0.25, 0.3) is 0 Å². The minimum atomic E-state index is 0. The minimum absolute atomic E-state index is 0. The zero-order valence-electron chi connectivity index (χ0n) is 3.36. The van der Waals surface area contributed by atoms with Gasteiger partial charge in [-0.05, 0) is 0 Å². The summed E-state index contributed by atoms with van der Waals surface area (Å²) < 4.78 is 0. The van der Waals surface area contributed by atoms with Gasteiger partial charge in [0, 0.05) is 135 Å². The van der Waals surface area contributed by atoms with E-state index in [1.54, 1.807) is 0 Å². The molecule has 0 fully saturated rings. The van der Waals surface area contributed by atoms with Gasteiger partial charge in [-0.2, -0.15) is 0 Å². The number of hydrogen-bond acceptors (Lipinski definition) is 0. The molecule has 0 bridgehead atoms. The summed E-state index contributed by atoms with van der Waals surface area (Å²) in [4.78, 5) is 0. The van der Waals surface area contributed by atoms with E-state index in [9.17, 15) is 0 Å². The third-order valence-corrected chi connectivity index (χ3v) is 0. The quantitative estimate of drug-likeness (QED) is 0.493. The minimum Gasteiger partial charge on any atom is 0 e.